The van der Waals surface area contributed by atoms with Crippen molar-refractivity contribution in [1.82, 2.24) is 9.97 Å². The molecule has 7 heteroatoms. The van der Waals surface area contributed by atoms with Crippen molar-refractivity contribution in [2.45, 2.75) is 0 Å². The molecule has 0 aliphatic heterocycles. The van der Waals surface area contributed by atoms with E-state index >= 15 is 0 Å². The normalized spacial score (nSPS) is 11.0. The Hall–Kier alpha value is -2.15. The van der Waals surface area contributed by atoms with E-state index in [1.807, 2.05) is 25.2 Å². The first-order valence-corrected chi connectivity index (χ1v) is 8.62. The first-order chi connectivity index (χ1) is 9.94. The number of nitrogens with zero attached hydrogens (tertiary/aromatic N) is 3. The van der Waals surface area contributed by atoms with Gasteiger partial charge in [0.2, 0.25) is 0 Å². The van der Waals surface area contributed by atoms with Crippen molar-refractivity contribution >= 4 is 21.2 Å². The van der Waals surface area contributed by atoms with Crippen molar-refractivity contribution in [2.75, 3.05) is 32.0 Å². The second-order valence-corrected chi connectivity index (χ2v) is 7.21. The summed E-state index contributed by atoms with van der Waals surface area (Å²) in [4.78, 5) is 8.51. The maximum absolute atomic E-state index is 11.6. The van der Waals surface area contributed by atoms with Crippen LogP contribution in [0.4, 0.5) is 11.5 Å². The summed E-state index contributed by atoms with van der Waals surface area (Å²) in [6.07, 6.45) is 6.22. The third-order valence-corrected chi connectivity index (χ3v) is 3.34. The predicted molar refractivity (Wildman–Crippen MR) is 85.6 cm³/mol. The monoisotopic (exact) mass is 306 g/mol. The minimum absolute atomic E-state index is 0.359. The Labute approximate surface area is 124 Å². The molecule has 0 bridgehead atoms. The SMILES string of the molecule is CNc1cccc(-c2cnc(N=S(C)(C)=O)cn2)c1OC. The van der Waals surface area contributed by atoms with Crippen LogP contribution in [0, 0.1) is 0 Å². The number of hydrogen-bond donors (Lipinski definition) is 1. The quantitative estimate of drug-likeness (QED) is 0.939. The van der Waals surface area contributed by atoms with Gasteiger partial charge in [0.25, 0.3) is 0 Å². The highest BCUT2D eigenvalue weighted by Crippen LogP contribution is 2.35. The molecule has 0 unspecified atom stereocenters. The van der Waals surface area contributed by atoms with Gasteiger partial charge in [0, 0.05) is 34.9 Å². The van der Waals surface area contributed by atoms with Crippen LogP contribution in [0.15, 0.2) is 35.0 Å². The Morgan fingerprint density at radius 1 is 1.24 bits per heavy atom. The van der Waals surface area contributed by atoms with Crippen molar-refractivity contribution in [1.29, 1.82) is 0 Å². The van der Waals surface area contributed by atoms with Crippen molar-refractivity contribution in [3.63, 3.8) is 0 Å². The molecular weight excluding hydrogens is 288 g/mol. The predicted octanol–water partition coefficient (Wildman–Crippen LogP) is 2.55. The van der Waals surface area contributed by atoms with Gasteiger partial charge in [-0.05, 0) is 12.1 Å². The van der Waals surface area contributed by atoms with Crippen LogP contribution in [0.2, 0.25) is 0 Å². The molecule has 6 nitrogen and oxygen atoms in total. The largest absolute Gasteiger partial charge is 0.494 e. The molecule has 0 saturated heterocycles. The summed E-state index contributed by atoms with van der Waals surface area (Å²) in [6, 6.07) is 5.74. The molecule has 0 amide bonds. The molecule has 2 aromatic rings. The van der Waals surface area contributed by atoms with Crippen LogP contribution >= 0.6 is 0 Å². The maximum atomic E-state index is 11.6. The lowest BCUT2D eigenvalue weighted by atomic mass is 10.1. The molecular formula is C14H18N4O2S. The maximum Gasteiger partial charge on any atom is 0.180 e. The van der Waals surface area contributed by atoms with E-state index in [1.165, 1.54) is 6.20 Å². The number of methoxy groups -OCH3 is 1. The zero-order valence-corrected chi connectivity index (χ0v) is 13.3. The fraction of sp³-hybridized carbons (Fsp3) is 0.286. The van der Waals surface area contributed by atoms with Gasteiger partial charge in [-0.25, -0.2) is 9.19 Å². The smallest absolute Gasteiger partial charge is 0.180 e. The van der Waals surface area contributed by atoms with E-state index in [0.29, 0.717) is 17.3 Å². The summed E-state index contributed by atoms with van der Waals surface area (Å²) in [5.74, 6) is 1.06. The van der Waals surface area contributed by atoms with Crippen molar-refractivity contribution < 1.29 is 8.95 Å². The van der Waals surface area contributed by atoms with Crippen LogP contribution in [0.5, 0.6) is 5.75 Å². The van der Waals surface area contributed by atoms with Crippen molar-refractivity contribution in [3.05, 3.63) is 30.6 Å². The Morgan fingerprint density at radius 3 is 2.52 bits per heavy atom. The Morgan fingerprint density at radius 2 is 2.00 bits per heavy atom. The van der Waals surface area contributed by atoms with Gasteiger partial charge in [-0.3, -0.25) is 4.98 Å². The van der Waals surface area contributed by atoms with E-state index in [-0.39, 0.29) is 0 Å². The molecule has 2 rings (SSSR count). The highest BCUT2D eigenvalue weighted by atomic mass is 32.2. The number of anilines is 1. The third kappa shape index (κ3) is 3.69. The second kappa shape index (κ2) is 6.09. The number of benzene rings is 1. The zero-order valence-electron chi connectivity index (χ0n) is 12.5. The van der Waals surface area contributed by atoms with Gasteiger partial charge in [-0.2, -0.15) is 4.36 Å². The first kappa shape index (κ1) is 15.2. The summed E-state index contributed by atoms with van der Waals surface area (Å²) in [5.41, 5.74) is 2.37. The van der Waals surface area contributed by atoms with Gasteiger partial charge in [0.05, 0.1) is 30.9 Å². The molecule has 0 atom stereocenters. The summed E-state index contributed by atoms with van der Waals surface area (Å²) >= 11 is 0. The number of aromatic nitrogens is 2. The zero-order chi connectivity index (χ0) is 15.5. The van der Waals surface area contributed by atoms with Gasteiger partial charge in [-0.1, -0.05) is 6.07 Å². The fourth-order valence-electron chi connectivity index (χ4n) is 1.89. The Bertz CT molecular complexity index is 742. The second-order valence-electron chi connectivity index (χ2n) is 4.67. The molecule has 1 aromatic heterocycles. The van der Waals surface area contributed by atoms with Crippen LogP contribution in [-0.4, -0.2) is 40.8 Å². The lowest BCUT2D eigenvalue weighted by Gasteiger charge is -2.12. The van der Waals surface area contributed by atoms with E-state index in [0.717, 1.165) is 11.3 Å². The lowest BCUT2D eigenvalue weighted by Crippen LogP contribution is -1.97. The first-order valence-electron chi connectivity index (χ1n) is 6.29. The molecule has 1 N–H and O–H groups in total. The van der Waals surface area contributed by atoms with Crippen molar-refractivity contribution in [3.8, 4) is 17.0 Å². The highest BCUT2D eigenvalue weighted by molar-refractivity contribution is 7.92. The Balaban J connectivity index is 2.47. The van der Waals surface area contributed by atoms with E-state index in [1.54, 1.807) is 25.8 Å². The number of nitrogens with one attached hydrogen (secondary N) is 1. The third-order valence-electron chi connectivity index (χ3n) is 2.72. The molecule has 1 heterocycles. The molecule has 0 saturated carbocycles. The molecule has 0 aliphatic rings. The average molecular weight is 306 g/mol. The molecule has 0 fully saturated rings. The molecule has 0 spiro atoms. The fourth-order valence-corrected chi connectivity index (χ4v) is 2.43. The number of para-hydroxylation sites is 1. The van der Waals surface area contributed by atoms with E-state index in [4.69, 9.17) is 4.74 Å². The summed E-state index contributed by atoms with van der Waals surface area (Å²) < 4.78 is 21.1. The number of ether oxygens (including phenoxy) is 1. The molecule has 112 valence electrons. The van der Waals surface area contributed by atoms with Crippen LogP contribution in [-0.2, 0) is 9.73 Å². The number of hydrogen-bond acceptors (Lipinski definition) is 6. The standard InChI is InChI=1S/C14H18N4O2S/c1-15-11-7-5-6-10(14(11)20-2)12-8-17-13(9-16-12)18-21(3,4)19/h5-9,15H,1-4H3. The molecule has 0 aliphatic carbocycles. The minimum atomic E-state index is -2.24. The summed E-state index contributed by atoms with van der Waals surface area (Å²) in [5, 5.41) is 3.07. The Kier molecular flexibility index (Phi) is 4.42. The lowest BCUT2D eigenvalue weighted by molar-refractivity contribution is 0.418. The van der Waals surface area contributed by atoms with Gasteiger partial charge >= 0.3 is 0 Å². The van der Waals surface area contributed by atoms with Crippen LogP contribution in [0.25, 0.3) is 11.3 Å². The molecule has 1 aromatic carbocycles. The van der Waals surface area contributed by atoms with E-state index < -0.39 is 9.73 Å². The molecule has 21 heavy (non-hydrogen) atoms. The van der Waals surface area contributed by atoms with Crippen LogP contribution < -0.4 is 10.1 Å². The van der Waals surface area contributed by atoms with Gasteiger partial charge in [-0.15, -0.1) is 0 Å². The molecule has 0 radical (unpaired) electrons. The van der Waals surface area contributed by atoms with Gasteiger partial charge in [0.1, 0.15) is 0 Å². The average Bonchev–Trinajstić information content (AvgIpc) is 2.45. The summed E-state index contributed by atoms with van der Waals surface area (Å²) in [7, 11) is 1.20. The van der Waals surface area contributed by atoms with E-state index in [2.05, 4.69) is 19.6 Å². The topological polar surface area (TPSA) is 76.5 Å². The van der Waals surface area contributed by atoms with Crippen LogP contribution in [0.3, 0.4) is 0 Å². The van der Waals surface area contributed by atoms with Crippen LogP contribution in [0.1, 0.15) is 0 Å². The summed E-state index contributed by atoms with van der Waals surface area (Å²) in [6.45, 7) is 0. The number of rotatable bonds is 4. The highest BCUT2D eigenvalue weighted by Gasteiger charge is 2.11. The van der Waals surface area contributed by atoms with Crippen molar-refractivity contribution in [2.24, 2.45) is 4.36 Å². The van der Waals surface area contributed by atoms with Gasteiger partial charge in [0.15, 0.2) is 11.6 Å². The van der Waals surface area contributed by atoms with E-state index in [9.17, 15) is 4.21 Å². The van der Waals surface area contributed by atoms with Gasteiger partial charge < -0.3 is 10.1 Å². The minimum Gasteiger partial charge on any atom is -0.494 e.